The number of rotatable bonds is 4. The Balaban J connectivity index is 2.01. The number of hydrogen-bond donors (Lipinski definition) is 0. The quantitative estimate of drug-likeness (QED) is 0.631. The second-order valence-electron chi connectivity index (χ2n) is 5.33. The molecule has 0 saturated carbocycles. The molecule has 0 radical (unpaired) electrons. The van der Waals surface area contributed by atoms with Gasteiger partial charge in [-0.1, -0.05) is 0 Å². The van der Waals surface area contributed by atoms with Gasteiger partial charge in [0.1, 0.15) is 5.75 Å². The number of carbonyl (C=O) groups is 1. The highest BCUT2D eigenvalue weighted by molar-refractivity contribution is 5.88. The van der Waals surface area contributed by atoms with E-state index >= 15 is 0 Å². The summed E-state index contributed by atoms with van der Waals surface area (Å²) in [6.07, 6.45) is 4.03. The van der Waals surface area contributed by atoms with Crippen LogP contribution in [-0.2, 0) is 31.2 Å². The molecule has 2 aliphatic heterocycles. The largest absolute Gasteiger partial charge is 0.493 e. The van der Waals surface area contributed by atoms with Crippen molar-refractivity contribution in [3.63, 3.8) is 0 Å². The second-order valence-corrected chi connectivity index (χ2v) is 5.33. The molecule has 1 aromatic rings. The Morgan fingerprint density at radius 1 is 1.32 bits per heavy atom. The third-order valence-corrected chi connectivity index (χ3v) is 3.92. The van der Waals surface area contributed by atoms with Crippen LogP contribution in [0, 0.1) is 0 Å². The van der Waals surface area contributed by atoms with Gasteiger partial charge in [0.2, 0.25) is 0 Å². The van der Waals surface area contributed by atoms with Gasteiger partial charge in [0.25, 0.3) is 0 Å². The second kappa shape index (κ2) is 6.10. The Bertz CT molecular complexity index is 599. The smallest absolute Gasteiger partial charge is 0.330 e. The van der Waals surface area contributed by atoms with Crippen molar-refractivity contribution in [1.29, 1.82) is 0 Å². The molecule has 1 fully saturated rings. The van der Waals surface area contributed by atoms with Crippen molar-refractivity contribution in [3.05, 3.63) is 34.9 Å². The normalized spacial score (nSPS) is 19.2. The molecule has 2 heterocycles. The molecule has 5 heteroatoms. The first-order chi connectivity index (χ1) is 10.6. The number of hydrogen-bond acceptors (Lipinski definition) is 5. The fraction of sp³-hybridized carbons (Fsp3) is 0.471. The Morgan fingerprint density at radius 2 is 2.09 bits per heavy atom. The molecule has 0 spiro atoms. The highest BCUT2D eigenvalue weighted by Gasteiger charge is 2.36. The lowest BCUT2D eigenvalue weighted by atomic mass is 9.93. The minimum Gasteiger partial charge on any atom is -0.493 e. The fourth-order valence-electron chi connectivity index (χ4n) is 2.90. The van der Waals surface area contributed by atoms with Gasteiger partial charge in [-0.2, -0.15) is 0 Å². The maximum Gasteiger partial charge on any atom is 0.330 e. The molecule has 22 heavy (non-hydrogen) atoms. The average Bonchev–Trinajstić information content (AvgIpc) is 3.14. The zero-order valence-electron chi connectivity index (χ0n) is 12.9. The van der Waals surface area contributed by atoms with E-state index in [2.05, 4.69) is 0 Å². The van der Waals surface area contributed by atoms with E-state index in [0.29, 0.717) is 26.4 Å². The Morgan fingerprint density at radius 3 is 2.82 bits per heavy atom. The van der Waals surface area contributed by atoms with Crippen LogP contribution in [-0.4, -0.2) is 32.4 Å². The molecule has 2 aliphatic rings. The molecule has 118 valence electrons. The third-order valence-electron chi connectivity index (χ3n) is 3.92. The lowest BCUT2D eigenvalue weighted by Gasteiger charge is -2.25. The van der Waals surface area contributed by atoms with Gasteiger partial charge in [-0.3, -0.25) is 0 Å². The number of fused-ring (bicyclic) bond motifs is 1. The lowest BCUT2D eigenvalue weighted by Crippen LogP contribution is -2.24. The summed E-state index contributed by atoms with van der Waals surface area (Å²) in [5.41, 5.74) is 2.92. The molecule has 1 aromatic carbocycles. The van der Waals surface area contributed by atoms with Crippen LogP contribution in [0.15, 0.2) is 18.2 Å². The molecule has 0 aromatic heterocycles. The average molecular weight is 304 g/mol. The van der Waals surface area contributed by atoms with Crippen LogP contribution >= 0.6 is 0 Å². The van der Waals surface area contributed by atoms with Crippen molar-refractivity contribution in [2.24, 2.45) is 0 Å². The minimum absolute atomic E-state index is 0.357. The van der Waals surface area contributed by atoms with Gasteiger partial charge in [0, 0.05) is 23.6 Å². The van der Waals surface area contributed by atoms with Crippen LogP contribution in [0.4, 0.5) is 0 Å². The summed E-state index contributed by atoms with van der Waals surface area (Å²) in [6, 6.07) is 3.88. The van der Waals surface area contributed by atoms with E-state index in [1.165, 1.54) is 6.08 Å². The van der Waals surface area contributed by atoms with Crippen molar-refractivity contribution in [2.75, 3.05) is 26.4 Å². The van der Waals surface area contributed by atoms with E-state index in [1.54, 1.807) is 13.0 Å². The van der Waals surface area contributed by atoms with Crippen LogP contribution in [0.2, 0.25) is 0 Å². The Hall–Kier alpha value is -1.85. The predicted molar refractivity (Wildman–Crippen MR) is 80.6 cm³/mol. The van der Waals surface area contributed by atoms with E-state index in [4.69, 9.17) is 18.9 Å². The van der Waals surface area contributed by atoms with Crippen LogP contribution in [0.5, 0.6) is 5.75 Å². The molecule has 3 rings (SSSR count). The van der Waals surface area contributed by atoms with E-state index in [9.17, 15) is 4.79 Å². The number of carbonyl (C=O) groups excluding carboxylic acids is 1. The molecule has 1 saturated heterocycles. The Labute approximate surface area is 129 Å². The monoisotopic (exact) mass is 304 g/mol. The van der Waals surface area contributed by atoms with Gasteiger partial charge in [0.15, 0.2) is 5.79 Å². The predicted octanol–water partition coefficient (Wildman–Crippen LogP) is 2.42. The molecule has 0 atom stereocenters. The van der Waals surface area contributed by atoms with Crippen LogP contribution in [0.1, 0.15) is 30.5 Å². The van der Waals surface area contributed by atoms with Gasteiger partial charge in [0.05, 0.1) is 26.4 Å². The van der Waals surface area contributed by atoms with Gasteiger partial charge < -0.3 is 18.9 Å². The maximum absolute atomic E-state index is 11.6. The summed E-state index contributed by atoms with van der Waals surface area (Å²) >= 11 is 0. The van der Waals surface area contributed by atoms with Gasteiger partial charge in [-0.15, -0.1) is 0 Å². The lowest BCUT2D eigenvalue weighted by molar-refractivity contribution is -0.149. The van der Waals surface area contributed by atoms with Crippen molar-refractivity contribution in [3.8, 4) is 5.75 Å². The van der Waals surface area contributed by atoms with Crippen molar-refractivity contribution in [1.82, 2.24) is 0 Å². The minimum atomic E-state index is -0.786. The molecule has 5 nitrogen and oxygen atoms in total. The standard InChI is InChI=1S/C17H20O5/c1-3-19-16(18)7-4-12-13-8-9-20-15(13)6-5-14(12)17(2)21-10-11-22-17/h4-7H,3,8-11H2,1-2H3/b7-4+. The summed E-state index contributed by atoms with van der Waals surface area (Å²) < 4.78 is 22.1. The van der Waals surface area contributed by atoms with E-state index in [1.807, 2.05) is 19.1 Å². The summed E-state index contributed by atoms with van der Waals surface area (Å²) in [4.78, 5) is 11.6. The molecular weight excluding hydrogens is 284 g/mol. The van der Waals surface area contributed by atoms with Crippen LogP contribution in [0.25, 0.3) is 6.08 Å². The maximum atomic E-state index is 11.6. The zero-order valence-corrected chi connectivity index (χ0v) is 12.9. The number of esters is 1. The number of benzene rings is 1. The molecule has 0 unspecified atom stereocenters. The molecule has 0 amide bonds. The van der Waals surface area contributed by atoms with Crippen LogP contribution < -0.4 is 4.74 Å². The molecule has 0 bridgehead atoms. The summed E-state index contributed by atoms with van der Waals surface area (Å²) in [7, 11) is 0. The molecule has 0 aliphatic carbocycles. The number of ether oxygens (including phenoxy) is 4. The van der Waals surface area contributed by atoms with Crippen molar-refractivity contribution < 1.29 is 23.7 Å². The van der Waals surface area contributed by atoms with Gasteiger partial charge in [-0.05, 0) is 37.6 Å². The fourth-order valence-corrected chi connectivity index (χ4v) is 2.90. The van der Waals surface area contributed by atoms with E-state index in [0.717, 1.165) is 28.9 Å². The molecular formula is C17H20O5. The van der Waals surface area contributed by atoms with Crippen LogP contribution in [0.3, 0.4) is 0 Å². The van der Waals surface area contributed by atoms with Crippen molar-refractivity contribution in [2.45, 2.75) is 26.1 Å². The summed E-state index contributed by atoms with van der Waals surface area (Å²) in [5.74, 6) is -0.288. The summed E-state index contributed by atoms with van der Waals surface area (Å²) in [6.45, 7) is 5.81. The van der Waals surface area contributed by atoms with Gasteiger partial charge in [-0.25, -0.2) is 4.79 Å². The Kier molecular flexibility index (Phi) is 4.18. The molecule has 0 N–H and O–H groups in total. The highest BCUT2D eigenvalue weighted by atomic mass is 16.7. The van der Waals surface area contributed by atoms with E-state index in [-0.39, 0.29) is 5.97 Å². The summed E-state index contributed by atoms with van der Waals surface area (Å²) in [5, 5.41) is 0. The first-order valence-electron chi connectivity index (χ1n) is 7.56. The topological polar surface area (TPSA) is 54.0 Å². The third kappa shape index (κ3) is 2.74. The SMILES string of the molecule is CCOC(=O)/C=C/c1c(C2(C)OCCO2)ccc2c1CCO2. The zero-order chi connectivity index (χ0) is 15.6. The van der Waals surface area contributed by atoms with Gasteiger partial charge >= 0.3 is 5.97 Å². The van der Waals surface area contributed by atoms with Crippen molar-refractivity contribution >= 4 is 12.0 Å². The first-order valence-corrected chi connectivity index (χ1v) is 7.56. The first kappa shape index (κ1) is 15.1. The highest BCUT2D eigenvalue weighted by Crippen LogP contribution is 2.39. The van der Waals surface area contributed by atoms with E-state index < -0.39 is 5.79 Å².